The molecule has 0 saturated carbocycles. The summed E-state index contributed by atoms with van der Waals surface area (Å²) in [6, 6.07) is 0. The van der Waals surface area contributed by atoms with Gasteiger partial charge in [-0.15, -0.1) is 0 Å². The molecule has 0 heterocycles. The van der Waals surface area contributed by atoms with Crippen molar-refractivity contribution in [2.45, 2.75) is 26.2 Å². The molecule has 0 radical (unpaired) electrons. The number of carbonyl (C=O) groups excluding carboxylic acids is 1. The molecule has 1 atom stereocenters. The highest BCUT2D eigenvalue weighted by Crippen LogP contribution is 2.18. The Morgan fingerprint density at radius 3 is 2.92 bits per heavy atom. The average Bonchev–Trinajstić information content (AvgIpc) is 2.15. The molecule has 2 heteroatoms. The molecule has 1 rings (SSSR count). The van der Waals surface area contributed by atoms with Crippen molar-refractivity contribution in [1.82, 2.24) is 0 Å². The summed E-state index contributed by atoms with van der Waals surface area (Å²) in [7, 11) is 0. The van der Waals surface area contributed by atoms with Crippen LogP contribution in [0.5, 0.6) is 0 Å². The van der Waals surface area contributed by atoms with Gasteiger partial charge in [-0.2, -0.15) is 0 Å². The first-order chi connectivity index (χ1) is 6.20. The van der Waals surface area contributed by atoms with Crippen LogP contribution in [0.4, 0.5) is 0 Å². The normalized spacial score (nSPS) is 21.2. The summed E-state index contributed by atoms with van der Waals surface area (Å²) in [6.07, 6.45) is 7.60. The van der Waals surface area contributed by atoms with Gasteiger partial charge in [0.15, 0.2) is 0 Å². The quantitative estimate of drug-likeness (QED) is 0.379. The molecule has 0 aliphatic heterocycles. The summed E-state index contributed by atoms with van der Waals surface area (Å²) in [4.78, 5) is 11.0. The number of hydrogen-bond donors (Lipinski definition) is 0. The van der Waals surface area contributed by atoms with E-state index >= 15 is 0 Å². The van der Waals surface area contributed by atoms with Crippen LogP contribution in [0, 0.1) is 5.92 Å². The van der Waals surface area contributed by atoms with Crippen molar-refractivity contribution in [2.24, 2.45) is 5.92 Å². The zero-order valence-corrected chi connectivity index (χ0v) is 8.08. The number of ether oxygens (including phenoxy) is 1. The van der Waals surface area contributed by atoms with Crippen LogP contribution >= 0.6 is 0 Å². The maximum atomic E-state index is 11.0. The summed E-state index contributed by atoms with van der Waals surface area (Å²) >= 11 is 0. The third-order valence-electron chi connectivity index (χ3n) is 2.18. The van der Waals surface area contributed by atoms with E-state index < -0.39 is 0 Å². The summed E-state index contributed by atoms with van der Waals surface area (Å²) < 4.78 is 5.07. The molecule has 0 aromatic carbocycles. The van der Waals surface area contributed by atoms with E-state index in [1.165, 1.54) is 0 Å². The maximum Gasteiger partial charge on any atom is 0.333 e. The second-order valence-electron chi connectivity index (χ2n) is 3.53. The average molecular weight is 180 g/mol. The van der Waals surface area contributed by atoms with Gasteiger partial charge in [-0.25, -0.2) is 4.79 Å². The lowest BCUT2D eigenvalue weighted by atomic mass is 9.95. The largest absolute Gasteiger partial charge is 0.462 e. The van der Waals surface area contributed by atoms with Crippen molar-refractivity contribution in [3.63, 3.8) is 0 Å². The van der Waals surface area contributed by atoms with Crippen molar-refractivity contribution in [3.05, 3.63) is 24.3 Å². The van der Waals surface area contributed by atoms with E-state index in [0.717, 1.165) is 19.3 Å². The molecular weight excluding hydrogens is 164 g/mol. The number of allylic oxidation sites excluding steroid dienone is 2. The molecule has 13 heavy (non-hydrogen) atoms. The molecule has 1 aliphatic rings. The van der Waals surface area contributed by atoms with E-state index in [0.29, 0.717) is 18.1 Å². The van der Waals surface area contributed by atoms with Crippen LogP contribution in [-0.4, -0.2) is 12.6 Å². The first kappa shape index (κ1) is 10.0. The Hall–Kier alpha value is -1.05. The molecule has 0 fully saturated rings. The van der Waals surface area contributed by atoms with Gasteiger partial charge in [0.1, 0.15) is 0 Å². The minimum absolute atomic E-state index is 0.269. The predicted octanol–water partition coefficient (Wildman–Crippen LogP) is 2.46. The maximum absolute atomic E-state index is 11.0. The van der Waals surface area contributed by atoms with E-state index in [4.69, 9.17) is 4.74 Å². The van der Waals surface area contributed by atoms with Gasteiger partial charge in [0, 0.05) is 5.57 Å². The van der Waals surface area contributed by atoms with E-state index in [1.54, 1.807) is 6.92 Å². The van der Waals surface area contributed by atoms with Gasteiger partial charge in [0.25, 0.3) is 0 Å². The highest BCUT2D eigenvalue weighted by molar-refractivity contribution is 5.86. The van der Waals surface area contributed by atoms with Gasteiger partial charge in [-0.1, -0.05) is 18.7 Å². The molecule has 1 aliphatic carbocycles. The fraction of sp³-hybridized carbons (Fsp3) is 0.545. The van der Waals surface area contributed by atoms with Crippen LogP contribution in [0.3, 0.4) is 0 Å². The van der Waals surface area contributed by atoms with Gasteiger partial charge in [0.2, 0.25) is 0 Å². The first-order valence-corrected chi connectivity index (χ1v) is 4.68. The minimum atomic E-state index is -0.269. The van der Waals surface area contributed by atoms with Crippen molar-refractivity contribution in [1.29, 1.82) is 0 Å². The first-order valence-electron chi connectivity index (χ1n) is 4.68. The number of rotatable bonds is 3. The standard InChI is InChI=1S/C11H16O2/c1-9(2)11(12)13-8-10-6-4-3-5-7-10/h3-4,10H,1,5-8H2,2H3. The summed E-state index contributed by atoms with van der Waals surface area (Å²) in [5.41, 5.74) is 0.478. The molecule has 0 aromatic rings. The Morgan fingerprint density at radius 1 is 1.62 bits per heavy atom. The van der Waals surface area contributed by atoms with E-state index in [-0.39, 0.29) is 5.97 Å². The van der Waals surface area contributed by atoms with E-state index in [9.17, 15) is 4.79 Å². The van der Waals surface area contributed by atoms with Gasteiger partial charge >= 0.3 is 5.97 Å². The summed E-state index contributed by atoms with van der Waals surface area (Å²) in [6.45, 7) is 5.74. The zero-order valence-electron chi connectivity index (χ0n) is 8.08. The van der Waals surface area contributed by atoms with Gasteiger partial charge in [-0.3, -0.25) is 0 Å². The zero-order chi connectivity index (χ0) is 9.68. The fourth-order valence-electron chi connectivity index (χ4n) is 1.32. The third kappa shape index (κ3) is 3.45. The van der Waals surface area contributed by atoms with Crippen LogP contribution in [0.1, 0.15) is 26.2 Å². The second kappa shape index (κ2) is 4.85. The smallest absolute Gasteiger partial charge is 0.333 e. The van der Waals surface area contributed by atoms with Crippen molar-refractivity contribution in [2.75, 3.05) is 6.61 Å². The number of hydrogen-bond acceptors (Lipinski definition) is 2. The lowest BCUT2D eigenvalue weighted by Gasteiger charge is -2.17. The lowest BCUT2D eigenvalue weighted by Crippen LogP contribution is -2.15. The molecule has 0 N–H and O–H groups in total. The highest BCUT2D eigenvalue weighted by atomic mass is 16.5. The topological polar surface area (TPSA) is 26.3 Å². The van der Waals surface area contributed by atoms with Crippen LogP contribution in [0.2, 0.25) is 0 Å². The molecule has 0 aromatic heterocycles. The summed E-state index contributed by atoms with van der Waals surface area (Å²) in [5, 5.41) is 0. The molecule has 0 saturated heterocycles. The molecule has 0 bridgehead atoms. The second-order valence-corrected chi connectivity index (χ2v) is 3.53. The van der Waals surface area contributed by atoms with E-state index in [1.807, 2.05) is 0 Å². The van der Waals surface area contributed by atoms with Crippen molar-refractivity contribution < 1.29 is 9.53 Å². The van der Waals surface area contributed by atoms with Gasteiger partial charge in [-0.05, 0) is 32.1 Å². The number of esters is 1. The summed E-state index contributed by atoms with van der Waals surface area (Å²) in [5.74, 6) is 0.239. The molecule has 0 amide bonds. The Kier molecular flexibility index (Phi) is 3.74. The molecule has 72 valence electrons. The van der Waals surface area contributed by atoms with Crippen LogP contribution in [-0.2, 0) is 9.53 Å². The Labute approximate surface area is 79.3 Å². The van der Waals surface area contributed by atoms with E-state index in [2.05, 4.69) is 18.7 Å². The molecule has 1 unspecified atom stereocenters. The highest BCUT2D eigenvalue weighted by Gasteiger charge is 2.12. The minimum Gasteiger partial charge on any atom is -0.462 e. The predicted molar refractivity (Wildman–Crippen MR) is 52.3 cm³/mol. The molecule has 2 nitrogen and oxygen atoms in total. The lowest BCUT2D eigenvalue weighted by molar-refractivity contribution is -0.140. The van der Waals surface area contributed by atoms with Crippen molar-refractivity contribution in [3.8, 4) is 0 Å². The van der Waals surface area contributed by atoms with Crippen LogP contribution in [0.15, 0.2) is 24.3 Å². The number of carbonyl (C=O) groups is 1. The Morgan fingerprint density at radius 2 is 2.38 bits per heavy atom. The molecule has 0 spiro atoms. The van der Waals surface area contributed by atoms with Crippen molar-refractivity contribution >= 4 is 5.97 Å². The Bertz CT molecular complexity index is 228. The van der Waals surface area contributed by atoms with Gasteiger partial charge < -0.3 is 4.74 Å². The van der Waals surface area contributed by atoms with Gasteiger partial charge in [0.05, 0.1) is 6.61 Å². The Balaban J connectivity index is 2.22. The monoisotopic (exact) mass is 180 g/mol. The fourth-order valence-corrected chi connectivity index (χ4v) is 1.32. The SMILES string of the molecule is C=C(C)C(=O)OCC1CC=CCC1. The molecular formula is C11H16O2. The van der Waals surface area contributed by atoms with Crippen LogP contribution in [0.25, 0.3) is 0 Å². The van der Waals surface area contributed by atoms with Crippen LogP contribution < -0.4 is 0 Å². The third-order valence-corrected chi connectivity index (χ3v) is 2.18.